The lowest BCUT2D eigenvalue weighted by molar-refractivity contribution is -0.120. The molecule has 1 amide bonds. The van der Waals surface area contributed by atoms with Crippen LogP contribution in [0.1, 0.15) is 18.4 Å². The number of aromatic nitrogens is 2. The Bertz CT molecular complexity index is 588. The van der Waals surface area contributed by atoms with Crippen molar-refractivity contribution in [1.29, 1.82) is 0 Å². The SMILES string of the molecule is O=C(Nc1cccc(Cn2ccnc2)c1)C1CCCNC1. The number of hydrogen-bond acceptors (Lipinski definition) is 3. The zero-order valence-electron chi connectivity index (χ0n) is 12.0. The van der Waals surface area contributed by atoms with Gasteiger partial charge in [0, 0.05) is 31.2 Å². The number of benzene rings is 1. The lowest BCUT2D eigenvalue weighted by Crippen LogP contribution is -2.37. The van der Waals surface area contributed by atoms with Gasteiger partial charge in [0.05, 0.1) is 12.2 Å². The van der Waals surface area contributed by atoms with E-state index in [1.807, 2.05) is 29.0 Å². The normalized spacial score (nSPS) is 18.4. The smallest absolute Gasteiger partial charge is 0.228 e. The van der Waals surface area contributed by atoms with E-state index in [-0.39, 0.29) is 11.8 Å². The van der Waals surface area contributed by atoms with Gasteiger partial charge in [-0.15, -0.1) is 0 Å². The molecular weight excluding hydrogens is 264 g/mol. The van der Waals surface area contributed by atoms with E-state index >= 15 is 0 Å². The molecule has 2 heterocycles. The van der Waals surface area contributed by atoms with Crippen LogP contribution in [0, 0.1) is 5.92 Å². The molecule has 2 aromatic rings. The summed E-state index contributed by atoms with van der Waals surface area (Å²) in [4.78, 5) is 16.3. The van der Waals surface area contributed by atoms with E-state index in [1.165, 1.54) is 0 Å². The van der Waals surface area contributed by atoms with Crippen molar-refractivity contribution >= 4 is 11.6 Å². The zero-order valence-corrected chi connectivity index (χ0v) is 12.0. The van der Waals surface area contributed by atoms with E-state index in [0.717, 1.165) is 43.7 Å². The number of nitrogens with zero attached hydrogens (tertiary/aromatic N) is 2. The molecule has 0 saturated carbocycles. The van der Waals surface area contributed by atoms with Gasteiger partial charge in [0.15, 0.2) is 0 Å². The summed E-state index contributed by atoms with van der Waals surface area (Å²) in [7, 11) is 0. The molecule has 0 spiro atoms. The molecule has 1 aliphatic rings. The Labute approximate surface area is 124 Å². The minimum absolute atomic E-state index is 0.0797. The molecule has 0 aliphatic carbocycles. The molecule has 110 valence electrons. The van der Waals surface area contributed by atoms with Crippen molar-refractivity contribution in [3.8, 4) is 0 Å². The van der Waals surface area contributed by atoms with Gasteiger partial charge in [-0.3, -0.25) is 4.79 Å². The first-order chi connectivity index (χ1) is 10.3. The third kappa shape index (κ3) is 3.70. The van der Waals surface area contributed by atoms with Crippen LogP contribution in [0.4, 0.5) is 5.69 Å². The lowest BCUT2D eigenvalue weighted by atomic mass is 9.99. The molecule has 1 atom stereocenters. The second kappa shape index (κ2) is 6.54. The third-order valence-corrected chi connectivity index (χ3v) is 3.79. The zero-order chi connectivity index (χ0) is 14.5. The first-order valence-corrected chi connectivity index (χ1v) is 7.37. The minimum Gasteiger partial charge on any atom is -0.333 e. The second-order valence-electron chi connectivity index (χ2n) is 5.47. The fourth-order valence-corrected chi connectivity index (χ4v) is 2.66. The molecule has 1 aliphatic heterocycles. The number of rotatable bonds is 4. The Balaban J connectivity index is 1.63. The molecule has 1 aromatic heterocycles. The molecule has 2 N–H and O–H groups in total. The Morgan fingerprint density at radius 2 is 2.43 bits per heavy atom. The van der Waals surface area contributed by atoms with Gasteiger partial charge in [-0.1, -0.05) is 12.1 Å². The molecule has 0 bridgehead atoms. The predicted octanol–water partition coefficient (Wildman–Crippen LogP) is 1.87. The highest BCUT2D eigenvalue weighted by Crippen LogP contribution is 2.16. The molecular formula is C16H20N4O. The lowest BCUT2D eigenvalue weighted by Gasteiger charge is -2.22. The van der Waals surface area contributed by atoms with Crippen LogP contribution in [0.15, 0.2) is 43.0 Å². The van der Waals surface area contributed by atoms with Crippen LogP contribution in [-0.4, -0.2) is 28.5 Å². The number of nitrogens with one attached hydrogen (secondary N) is 2. The first kappa shape index (κ1) is 13.8. The molecule has 5 nitrogen and oxygen atoms in total. The summed E-state index contributed by atoms with van der Waals surface area (Å²) in [5.74, 6) is 0.193. The summed E-state index contributed by atoms with van der Waals surface area (Å²) >= 11 is 0. The molecule has 1 saturated heterocycles. The van der Waals surface area contributed by atoms with Crippen molar-refractivity contribution < 1.29 is 4.79 Å². The summed E-state index contributed by atoms with van der Waals surface area (Å²) < 4.78 is 2.01. The highest BCUT2D eigenvalue weighted by Gasteiger charge is 2.20. The summed E-state index contributed by atoms with van der Waals surface area (Å²) in [5.41, 5.74) is 2.01. The van der Waals surface area contributed by atoms with Crippen LogP contribution in [0.5, 0.6) is 0 Å². The summed E-state index contributed by atoms with van der Waals surface area (Å²) in [5, 5.41) is 6.30. The van der Waals surface area contributed by atoms with E-state index in [0.29, 0.717) is 0 Å². The Kier molecular flexibility index (Phi) is 4.31. The fourth-order valence-electron chi connectivity index (χ4n) is 2.66. The second-order valence-corrected chi connectivity index (χ2v) is 5.47. The van der Waals surface area contributed by atoms with E-state index in [1.54, 1.807) is 12.5 Å². The Hall–Kier alpha value is -2.14. The molecule has 0 radical (unpaired) electrons. The third-order valence-electron chi connectivity index (χ3n) is 3.79. The van der Waals surface area contributed by atoms with Gasteiger partial charge in [0.1, 0.15) is 0 Å². The number of carbonyl (C=O) groups excluding carboxylic acids is 1. The molecule has 1 aromatic carbocycles. The Morgan fingerprint density at radius 3 is 3.19 bits per heavy atom. The monoisotopic (exact) mass is 284 g/mol. The van der Waals surface area contributed by atoms with Gasteiger partial charge in [-0.05, 0) is 37.1 Å². The van der Waals surface area contributed by atoms with Crippen molar-refractivity contribution in [2.75, 3.05) is 18.4 Å². The van der Waals surface area contributed by atoms with Gasteiger partial charge < -0.3 is 15.2 Å². The van der Waals surface area contributed by atoms with E-state index in [4.69, 9.17) is 0 Å². The standard InChI is InChI=1S/C16H20N4O/c21-16(14-4-2-6-17-10-14)19-15-5-1-3-13(9-15)11-20-8-7-18-12-20/h1,3,5,7-9,12,14,17H,2,4,6,10-11H2,(H,19,21). The quantitative estimate of drug-likeness (QED) is 0.901. The van der Waals surface area contributed by atoms with Crippen LogP contribution in [0.2, 0.25) is 0 Å². The molecule has 5 heteroatoms. The maximum atomic E-state index is 12.2. The number of hydrogen-bond donors (Lipinski definition) is 2. The number of amides is 1. The van der Waals surface area contributed by atoms with E-state index in [9.17, 15) is 4.79 Å². The van der Waals surface area contributed by atoms with Crippen molar-refractivity contribution in [2.24, 2.45) is 5.92 Å². The van der Waals surface area contributed by atoms with Crippen molar-refractivity contribution in [3.63, 3.8) is 0 Å². The van der Waals surface area contributed by atoms with Crippen molar-refractivity contribution in [2.45, 2.75) is 19.4 Å². The van der Waals surface area contributed by atoms with Gasteiger partial charge in [-0.25, -0.2) is 4.98 Å². The first-order valence-electron chi connectivity index (χ1n) is 7.37. The minimum atomic E-state index is 0.0797. The van der Waals surface area contributed by atoms with Crippen LogP contribution in [-0.2, 0) is 11.3 Å². The van der Waals surface area contributed by atoms with Gasteiger partial charge >= 0.3 is 0 Å². The number of carbonyl (C=O) groups is 1. The highest BCUT2D eigenvalue weighted by molar-refractivity contribution is 5.92. The number of imidazole rings is 1. The molecule has 1 fully saturated rings. The maximum absolute atomic E-state index is 12.2. The summed E-state index contributed by atoms with van der Waals surface area (Å²) in [6.07, 6.45) is 7.52. The number of piperidine rings is 1. The summed E-state index contributed by atoms with van der Waals surface area (Å²) in [6.45, 7) is 2.55. The molecule has 1 unspecified atom stereocenters. The van der Waals surface area contributed by atoms with E-state index < -0.39 is 0 Å². The molecule has 21 heavy (non-hydrogen) atoms. The average Bonchev–Trinajstić information content (AvgIpc) is 3.01. The fraction of sp³-hybridized carbons (Fsp3) is 0.375. The highest BCUT2D eigenvalue weighted by atomic mass is 16.1. The Morgan fingerprint density at radius 1 is 1.48 bits per heavy atom. The van der Waals surface area contributed by atoms with Crippen LogP contribution in [0.3, 0.4) is 0 Å². The maximum Gasteiger partial charge on any atom is 0.228 e. The topological polar surface area (TPSA) is 59.0 Å². The van der Waals surface area contributed by atoms with Crippen LogP contribution in [0.25, 0.3) is 0 Å². The predicted molar refractivity (Wildman–Crippen MR) is 82.0 cm³/mol. The van der Waals surface area contributed by atoms with Crippen LogP contribution < -0.4 is 10.6 Å². The van der Waals surface area contributed by atoms with E-state index in [2.05, 4.69) is 21.7 Å². The molecule has 3 rings (SSSR count). The van der Waals surface area contributed by atoms with Crippen molar-refractivity contribution in [1.82, 2.24) is 14.9 Å². The van der Waals surface area contributed by atoms with Crippen LogP contribution >= 0.6 is 0 Å². The van der Waals surface area contributed by atoms with Crippen molar-refractivity contribution in [3.05, 3.63) is 48.5 Å². The number of anilines is 1. The summed E-state index contributed by atoms with van der Waals surface area (Å²) in [6, 6.07) is 7.98. The van der Waals surface area contributed by atoms with Gasteiger partial charge in [0.2, 0.25) is 5.91 Å². The van der Waals surface area contributed by atoms with Gasteiger partial charge in [0.25, 0.3) is 0 Å². The largest absolute Gasteiger partial charge is 0.333 e. The average molecular weight is 284 g/mol. The van der Waals surface area contributed by atoms with Gasteiger partial charge in [-0.2, -0.15) is 0 Å².